The van der Waals surface area contributed by atoms with Gasteiger partial charge >= 0.3 is 0 Å². The van der Waals surface area contributed by atoms with Crippen LogP contribution in [0.4, 0.5) is 0 Å². The van der Waals surface area contributed by atoms with Gasteiger partial charge in [0, 0.05) is 6.04 Å². The van der Waals surface area contributed by atoms with Crippen molar-refractivity contribution in [3.63, 3.8) is 0 Å². The standard InChI is InChI=1S/C15H20N2O3/c1-12(2)16-15(18)11-17(9-13-5-3-7-19-13)10-14-6-4-8-20-14/h3-8,12H,9-11H2,1-2H3,(H,16,18). The van der Waals surface area contributed by atoms with Crippen LogP contribution in [-0.4, -0.2) is 23.4 Å². The molecule has 108 valence electrons. The van der Waals surface area contributed by atoms with Crippen molar-refractivity contribution in [3.8, 4) is 0 Å². The minimum Gasteiger partial charge on any atom is -0.468 e. The van der Waals surface area contributed by atoms with E-state index in [4.69, 9.17) is 8.83 Å². The Bertz CT molecular complexity index is 467. The van der Waals surface area contributed by atoms with Gasteiger partial charge in [0.15, 0.2) is 0 Å². The molecular formula is C15H20N2O3. The SMILES string of the molecule is CC(C)NC(=O)CN(Cc1ccco1)Cc1ccco1. The second kappa shape index (κ2) is 6.96. The predicted molar refractivity (Wildman–Crippen MR) is 74.8 cm³/mol. The topological polar surface area (TPSA) is 58.6 Å². The van der Waals surface area contributed by atoms with Crippen molar-refractivity contribution < 1.29 is 13.6 Å². The quantitative estimate of drug-likeness (QED) is 0.843. The van der Waals surface area contributed by atoms with E-state index < -0.39 is 0 Å². The largest absolute Gasteiger partial charge is 0.468 e. The van der Waals surface area contributed by atoms with Gasteiger partial charge in [-0.05, 0) is 38.1 Å². The van der Waals surface area contributed by atoms with Gasteiger partial charge in [-0.2, -0.15) is 0 Å². The Hall–Kier alpha value is -2.01. The first kappa shape index (κ1) is 14.4. The van der Waals surface area contributed by atoms with Crippen molar-refractivity contribution >= 4 is 5.91 Å². The van der Waals surface area contributed by atoms with Crippen LogP contribution in [0.2, 0.25) is 0 Å². The van der Waals surface area contributed by atoms with Gasteiger partial charge < -0.3 is 14.2 Å². The van der Waals surface area contributed by atoms with Crippen LogP contribution in [0.3, 0.4) is 0 Å². The number of rotatable bonds is 7. The summed E-state index contributed by atoms with van der Waals surface area (Å²) in [6, 6.07) is 7.62. The zero-order valence-corrected chi connectivity index (χ0v) is 11.8. The number of hydrogen-bond donors (Lipinski definition) is 1. The number of nitrogens with one attached hydrogen (secondary N) is 1. The lowest BCUT2D eigenvalue weighted by atomic mass is 10.3. The fourth-order valence-electron chi connectivity index (χ4n) is 1.98. The molecule has 1 amide bonds. The molecule has 0 radical (unpaired) electrons. The van der Waals surface area contributed by atoms with Crippen LogP contribution in [0, 0.1) is 0 Å². The molecule has 2 heterocycles. The smallest absolute Gasteiger partial charge is 0.234 e. The highest BCUT2D eigenvalue weighted by molar-refractivity contribution is 5.78. The first-order valence-electron chi connectivity index (χ1n) is 6.70. The van der Waals surface area contributed by atoms with E-state index in [1.807, 2.05) is 43.0 Å². The van der Waals surface area contributed by atoms with E-state index in [1.54, 1.807) is 12.5 Å². The van der Waals surface area contributed by atoms with E-state index >= 15 is 0 Å². The molecule has 0 saturated heterocycles. The number of carbonyl (C=O) groups is 1. The molecule has 0 unspecified atom stereocenters. The van der Waals surface area contributed by atoms with E-state index in [1.165, 1.54) is 0 Å². The molecule has 2 aromatic rings. The highest BCUT2D eigenvalue weighted by atomic mass is 16.3. The molecule has 2 aromatic heterocycles. The maximum atomic E-state index is 11.9. The molecular weight excluding hydrogens is 256 g/mol. The van der Waals surface area contributed by atoms with Crippen molar-refractivity contribution in [3.05, 3.63) is 48.3 Å². The van der Waals surface area contributed by atoms with Crippen molar-refractivity contribution in [1.29, 1.82) is 0 Å². The lowest BCUT2D eigenvalue weighted by molar-refractivity contribution is -0.123. The molecule has 0 spiro atoms. The molecule has 20 heavy (non-hydrogen) atoms. The maximum absolute atomic E-state index is 11.9. The number of amides is 1. The molecule has 0 atom stereocenters. The summed E-state index contributed by atoms with van der Waals surface area (Å²) in [4.78, 5) is 13.9. The second-order valence-electron chi connectivity index (χ2n) is 5.03. The van der Waals surface area contributed by atoms with Crippen molar-refractivity contribution in [1.82, 2.24) is 10.2 Å². The summed E-state index contributed by atoms with van der Waals surface area (Å²) >= 11 is 0. The molecule has 0 fully saturated rings. The van der Waals surface area contributed by atoms with Crippen LogP contribution >= 0.6 is 0 Å². The molecule has 0 bridgehead atoms. The zero-order chi connectivity index (χ0) is 14.4. The van der Waals surface area contributed by atoms with E-state index in [0.29, 0.717) is 19.6 Å². The van der Waals surface area contributed by atoms with E-state index in [0.717, 1.165) is 11.5 Å². The summed E-state index contributed by atoms with van der Waals surface area (Å²) in [5, 5.41) is 2.89. The minimum absolute atomic E-state index is 0.00175. The van der Waals surface area contributed by atoms with Crippen LogP contribution in [-0.2, 0) is 17.9 Å². The minimum atomic E-state index is -0.00175. The van der Waals surface area contributed by atoms with Gasteiger partial charge in [0.1, 0.15) is 11.5 Å². The van der Waals surface area contributed by atoms with Gasteiger partial charge in [0.05, 0.1) is 32.2 Å². The molecule has 0 saturated carbocycles. The zero-order valence-electron chi connectivity index (χ0n) is 11.8. The van der Waals surface area contributed by atoms with Crippen LogP contribution in [0.5, 0.6) is 0 Å². The van der Waals surface area contributed by atoms with Crippen LogP contribution in [0.1, 0.15) is 25.4 Å². The molecule has 0 aliphatic carbocycles. The fraction of sp³-hybridized carbons (Fsp3) is 0.400. The van der Waals surface area contributed by atoms with Crippen LogP contribution in [0.25, 0.3) is 0 Å². The summed E-state index contributed by atoms with van der Waals surface area (Å²) < 4.78 is 10.7. The van der Waals surface area contributed by atoms with Crippen molar-refractivity contribution in [2.75, 3.05) is 6.54 Å². The molecule has 5 heteroatoms. The third kappa shape index (κ3) is 4.59. The summed E-state index contributed by atoms with van der Waals surface area (Å²) in [6.07, 6.45) is 3.27. The Labute approximate surface area is 118 Å². The number of nitrogens with zero attached hydrogens (tertiary/aromatic N) is 1. The Kier molecular flexibility index (Phi) is 5.01. The Morgan fingerprint density at radius 3 is 2.10 bits per heavy atom. The van der Waals surface area contributed by atoms with Gasteiger partial charge in [0.2, 0.25) is 5.91 Å². The monoisotopic (exact) mass is 276 g/mol. The normalized spacial score (nSPS) is 11.2. The lowest BCUT2D eigenvalue weighted by Crippen LogP contribution is -2.39. The molecule has 2 rings (SSSR count). The number of hydrogen-bond acceptors (Lipinski definition) is 4. The van der Waals surface area contributed by atoms with E-state index in [9.17, 15) is 4.79 Å². The highest BCUT2D eigenvalue weighted by Crippen LogP contribution is 2.10. The molecule has 0 aliphatic heterocycles. The van der Waals surface area contributed by atoms with E-state index in [-0.39, 0.29) is 11.9 Å². The van der Waals surface area contributed by atoms with Gasteiger partial charge in [0.25, 0.3) is 0 Å². The summed E-state index contributed by atoms with van der Waals surface area (Å²) in [5.41, 5.74) is 0. The second-order valence-corrected chi connectivity index (χ2v) is 5.03. The van der Waals surface area contributed by atoms with Gasteiger partial charge in [-0.25, -0.2) is 0 Å². The first-order chi connectivity index (χ1) is 9.63. The Balaban J connectivity index is 1.97. The van der Waals surface area contributed by atoms with Crippen molar-refractivity contribution in [2.24, 2.45) is 0 Å². The third-order valence-corrected chi connectivity index (χ3v) is 2.74. The third-order valence-electron chi connectivity index (χ3n) is 2.74. The van der Waals surface area contributed by atoms with Crippen molar-refractivity contribution in [2.45, 2.75) is 33.0 Å². The summed E-state index contributed by atoms with van der Waals surface area (Å²) in [7, 11) is 0. The molecule has 0 aromatic carbocycles. The lowest BCUT2D eigenvalue weighted by Gasteiger charge is -2.20. The van der Waals surface area contributed by atoms with Crippen LogP contribution in [0.15, 0.2) is 45.6 Å². The predicted octanol–water partition coefficient (Wildman–Crippen LogP) is 2.40. The molecule has 0 aliphatic rings. The number of furan rings is 2. The average molecular weight is 276 g/mol. The van der Waals surface area contributed by atoms with Gasteiger partial charge in [-0.15, -0.1) is 0 Å². The van der Waals surface area contributed by atoms with Gasteiger partial charge in [-0.1, -0.05) is 0 Å². The van der Waals surface area contributed by atoms with Gasteiger partial charge in [-0.3, -0.25) is 9.69 Å². The Morgan fingerprint density at radius 1 is 1.15 bits per heavy atom. The van der Waals surface area contributed by atoms with Crippen LogP contribution < -0.4 is 5.32 Å². The van der Waals surface area contributed by atoms with E-state index in [2.05, 4.69) is 5.32 Å². The maximum Gasteiger partial charge on any atom is 0.234 e. The summed E-state index contributed by atoms with van der Waals surface area (Å²) in [6.45, 7) is 5.33. The summed E-state index contributed by atoms with van der Waals surface area (Å²) in [5.74, 6) is 1.65. The fourth-order valence-corrected chi connectivity index (χ4v) is 1.98. The number of carbonyl (C=O) groups excluding carboxylic acids is 1. The molecule has 1 N–H and O–H groups in total. The molecule has 5 nitrogen and oxygen atoms in total. The first-order valence-corrected chi connectivity index (χ1v) is 6.70. The highest BCUT2D eigenvalue weighted by Gasteiger charge is 2.15. The average Bonchev–Trinajstić information content (AvgIpc) is 3.00. The Morgan fingerprint density at radius 2 is 1.70 bits per heavy atom.